The van der Waals surface area contributed by atoms with Crippen LogP contribution in [0.4, 0.5) is 13.2 Å². The van der Waals surface area contributed by atoms with Crippen molar-refractivity contribution in [3.8, 4) is 0 Å². The Morgan fingerprint density at radius 3 is 1.60 bits per heavy atom. The van der Waals surface area contributed by atoms with Gasteiger partial charge in [-0.15, -0.1) is 0 Å². The normalized spacial score (nSPS) is 9.20. The van der Waals surface area contributed by atoms with Gasteiger partial charge >= 0.3 is 28.8 Å². The summed E-state index contributed by atoms with van der Waals surface area (Å²) in [5.74, 6) is -2.70. The maximum atomic E-state index is 11.3. The van der Waals surface area contributed by atoms with Crippen LogP contribution < -0.4 is 0 Å². The predicted molar refractivity (Wildman–Crippen MR) is 35.3 cm³/mol. The van der Waals surface area contributed by atoms with Gasteiger partial charge in [-0.05, 0) is 6.92 Å². The second-order valence-electron chi connectivity index (χ2n) is 1.65. The van der Waals surface area contributed by atoms with Crippen LogP contribution >= 0.6 is 0 Å². The molecule has 87 valence electrons. The van der Waals surface area contributed by atoms with Crippen LogP contribution in [0.5, 0.6) is 0 Å². The van der Waals surface area contributed by atoms with Gasteiger partial charge in [-0.2, -0.15) is 13.2 Å². The van der Waals surface area contributed by atoms with Gasteiger partial charge in [0.1, 0.15) is 0 Å². The molecule has 0 amide bonds. The zero-order chi connectivity index (χ0) is 12.4. The number of aliphatic hydroxyl groups is 1. The molecule has 0 aromatic carbocycles. The molecule has 0 bridgehead atoms. The Morgan fingerprint density at radius 1 is 1.27 bits per heavy atom. The number of ketones is 1. The molecule has 0 rings (SSSR count). The van der Waals surface area contributed by atoms with E-state index < -0.39 is 17.7 Å². The van der Waals surface area contributed by atoms with Crippen LogP contribution in [0.3, 0.4) is 0 Å². The summed E-state index contributed by atoms with van der Waals surface area (Å²) in [4.78, 5) is 9.91. The molecule has 0 atom stereocenters. The van der Waals surface area contributed by atoms with Crippen molar-refractivity contribution in [2.75, 3.05) is 0 Å². The number of halogens is 3. The number of hydrogen-bond donors (Lipinski definition) is 1. The molecule has 1 radical (unpaired) electrons. The van der Waals surface area contributed by atoms with E-state index in [4.69, 9.17) is 14.4 Å². The third-order valence-corrected chi connectivity index (χ3v) is 0.619. The van der Waals surface area contributed by atoms with E-state index in [-0.39, 0.29) is 26.2 Å². The minimum atomic E-state index is -4.88. The minimum absolute atomic E-state index is 0. The number of alkyl halides is 3. The summed E-state index contributed by atoms with van der Waals surface area (Å²) in [6.45, 7) is 9.99. The monoisotopic (exact) mass is 403 g/mol. The summed E-state index contributed by atoms with van der Waals surface area (Å²) in [5, 5.41) is 8.23. The van der Waals surface area contributed by atoms with E-state index >= 15 is 0 Å². The van der Waals surface area contributed by atoms with Gasteiger partial charge in [0.25, 0.3) is 5.78 Å². The minimum Gasteiger partial charge on any atom is 0 e. The van der Waals surface area contributed by atoms with E-state index in [1.54, 1.807) is 0 Å². The van der Waals surface area contributed by atoms with Gasteiger partial charge in [-0.1, -0.05) is 0 Å². The maximum Gasteiger partial charge on any atom is 0 e. The number of carbonyl (C=O) groups excluding carboxylic acids is 1. The second kappa shape index (κ2) is 13.1. The summed E-state index contributed by atoms with van der Waals surface area (Å²) >= 11 is 0. The number of hydrogen-bond acceptors (Lipinski definition) is 2. The van der Waals surface area contributed by atoms with Crippen molar-refractivity contribution in [2.45, 2.75) is 13.1 Å². The van der Waals surface area contributed by atoms with Crippen molar-refractivity contribution in [1.82, 2.24) is 0 Å². The Balaban J connectivity index is -0.000000107. The average molecular weight is 402 g/mol. The van der Waals surface area contributed by atoms with Crippen molar-refractivity contribution in [2.24, 2.45) is 0 Å². The van der Waals surface area contributed by atoms with Gasteiger partial charge in [-0.3, -0.25) is 4.79 Å². The maximum absolute atomic E-state index is 11.3. The number of carbonyl (C=O) groups is 1. The van der Waals surface area contributed by atoms with E-state index in [2.05, 4.69) is 13.3 Å². The van der Waals surface area contributed by atoms with Crippen LogP contribution in [0.2, 0.25) is 0 Å². The first-order valence-corrected chi connectivity index (χ1v) is 2.73. The summed E-state index contributed by atoms with van der Waals surface area (Å²) in [5.41, 5.74) is 0. The van der Waals surface area contributed by atoms with Gasteiger partial charge in [-0.25, -0.2) is 0 Å². The smallest absolute Gasteiger partial charge is 0 e. The van der Waals surface area contributed by atoms with Gasteiger partial charge < -0.3 is 5.11 Å². The van der Waals surface area contributed by atoms with Crippen molar-refractivity contribution < 1.29 is 52.5 Å². The van der Waals surface area contributed by atoms with Gasteiger partial charge in [0.05, 0.1) is 5.76 Å². The molecule has 0 aliphatic carbocycles. The quantitative estimate of drug-likeness (QED) is 0.312. The van der Waals surface area contributed by atoms with Crippen molar-refractivity contribution in [3.63, 3.8) is 0 Å². The van der Waals surface area contributed by atoms with Gasteiger partial charge in [0, 0.05) is 26.2 Å². The summed E-state index contributed by atoms with van der Waals surface area (Å²) in [6.07, 6.45) is -4.76. The van der Waals surface area contributed by atoms with Crippen molar-refractivity contribution in [3.05, 3.63) is 25.1 Å². The van der Waals surface area contributed by atoms with Crippen molar-refractivity contribution >= 4 is 5.78 Å². The van der Waals surface area contributed by atoms with Gasteiger partial charge in [0.15, 0.2) is 0 Å². The third-order valence-electron chi connectivity index (χ3n) is 0.619. The first kappa shape index (κ1) is 23.7. The largest absolute Gasteiger partial charge is 0 e. The molecule has 0 spiro atoms. The Morgan fingerprint density at radius 2 is 1.53 bits per heavy atom. The number of rotatable bonds is 1. The van der Waals surface area contributed by atoms with E-state index in [0.29, 0.717) is 0 Å². The molecule has 0 heterocycles. The fraction of sp³-hybridized carbons (Fsp3) is 0.286. The average Bonchev–Trinajstić information content (AvgIpc) is 2.09. The zero-order valence-corrected chi connectivity index (χ0v) is 9.61. The van der Waals surface area contributed by atoms with Crippen LogP contribution in [-0.2, 0) is 34.2 Å². The second-order valence-corrected chi connectivity index (χ2v) is 1.65. The van der Waals surface area contributed by atoms with E-state index in [0.717, 1.165) is 6.92 Å². The number of allylic oxidation sites excluding steroid dienone is 2. The van der Waals surface area contributed by atoms with Crippen LogP contribution in [0.1, 0.15) is 6.92 Å². The van der Waals surface area contributed by atoms with Gasteiger partial charge in [0.2, 0.25) is 0 Å². The number of aliphatic hydroxyl groups excluding tert-OH is 1. The molecule has 0 aromatic heterocycles. The van der Waals surface area contributed by atoms with Crippen molar-refractivity contribution in [1.29, 1.82) is 0 Å². The van der Waals surface area contributed by atoms with E-state index in [9.17, 15) is 18.0 Å². The first-order valence-electron chi connectivity index (χ1n) is 2.73. The molecule has 15 heavy (non-hydrogen) atoms. The molecule has 0 aromatic rings. The Kier molecular flexibility index (Phi) is 20.8. The summed E-state index contributed by atoms with van der Waals surface area (Å²) in [6, 6.07) is 0. The topological polar surface area (TPSA) is 77.1 Å². The Bertz CT molecular complexity index is 232. The molecule has 0 aliphatic heterocycles. The molecule has 0 unspecified atom stereocenters. The third kappa shape index (κ3) is 19.5. The molecule has 0 aliphatic rings. The SMILES string of the molecule is C/C(O)=C/C(=O)C(F)(F)F.[C-]#[O+].[C-]#[O+].[Ir]. The predicted octanol–water partition coefficient (Wildman–Crippen LogP) is 1.50. The summed E-state index contributed by atoms with van der Waals surface area (Å²) < 4.78 is 48.9. The zero-order valence-electron chi connectivity index (χ0n) is 7.22. The van der Waals surface area contributed by atoms with Crippen LogP contribution in [0.25, 0.3) is 0 Å². The molecular weight excluding hydrogens is 397 g/mol. The fourth-order valence-corrected chi connectivity index (χ4v) is 0.272. The Hall–Kier alpha value is -0.871. The van der Waals surface area contributed by atoms with Crippen LogP contribution in [-0.4, -0.2) is 17.1 Å². The fourth-order valence-electron chi connectivity index (χ4n) is 0.272. The first-order chi connectivity index (χ1) is 6.34. The summed E-state index contributed by atoms with van der Waals surface area (Å²) in [7, 11) is 0. The molecule has 0 fully saturated rings. The molecular formula is C7H5F3IrO4. The van der Waals surface area contributed by atoms with Crippen LogP contribution in [0, 0.1) is 13.3 Å². The molecule has 4 nitrogen and oxygen atoms in total. The molecule has 1 N–H and O–H groups in total. The molecule has 0 saturated heterocycles. The van der Waals surface area contributed by atoms with E-state index in [1.807, 2.05) is 0 Å². The van der Waals surface area contributed by atoms with E-state index in [1.165, 1.54) is 0 Å². The molecule has 8 heteroatoms. The molecule has 0 saturated carbocycles. The Labute approximate surface area is 96.9 Å². The van der Waals surface area contributed by atoms with Crippen LogP contribution in [0.15, 0.2) is 11.8 Å². The standard InChI is InChI=1S/C5H5F3O2.2CO.Ir/c1-3(9)2-4(10)5(6,7)8;2*1-2;/h2,9H,1H3;;;/b3-2-;;;.